The van der Waals surface area contributed by atoms with Crippen molar-refractivity contribution in [1.29, 1.82) is 0 Å². The molecular weight excluding hydrogens is 178 g/mol. The third-order valence-electron chi connectivity index (χ3n) is 1.94. The molecular formula is C10H19N3O. The molecule has 1 aromatic heterocycles. The van der Waals surface area contributed by atoms with Crippen LogP contribution in [0.4, 0.5) is 0 Å². The van der Waals surface area contributed by atoms with Gasteiger partial charge in [-0.15, -0.1) is 0 Å². The summed E-state index contributed by atoms with van der Waals surface area (Å²) in [4.78, 5) is 4.16. The van der Waals surface area contributed by atoms with Gasteiger partial charge in [-0.1, -0.05) is 25.9 Å². The minimum absolute atomic E-state index is 0.151. The maximum Gasteiger partial charge on any atom is 0.223 e. The summed E-state index contributed by atoms with van der Waals surface area (Å²) in [7, 11) is 0. The number of rotatable bonds is 2. The minimum atomic E-state index is -0.518. The van der Waals surface area contributed by atoms with E-state index in [1.807, 2.05) is 6.92 Å². The summed E-state index contributed by atoms with van der Waals surface area (Å²) in [6.45, 7) is 10.1. The second kappa shape index (κ2) is 3.35. The van der Waals surface area contributed by atoms with Crippen LogP contribution in [-0.2, 0) is 5.54 Å². The lowest BCUT2D eigenvalue weighted by Gasteiger charge is -2.29. The van der Waals surface area contributed by atoms with Crippen molar-refractivity contribution in [2.24, 2.45) is 11.1 Å². The fraction of sp³-hybridized carbons (Fsp3) is 0.800. The third kappa shape index (κ3) is 2.80. The first-order chi connectivity index (χ1) is 6.21. The lowest BCUT2D eigenvalue weighted by Crippen LogP contribution is -2.38. The van der Waals surface area contributed by atoms with E-state index in [9.17, 15) is 0 Å². The highest BCUT2D eigenvalue weighted by molar-refractivity contribution is 5.02. The van der Waals surface area contributed by atoms with Crippen LogP contribution in [0.5, 0.6) is 0 Å². The molecule has 0 saturated carbocycles. The molecule has 0 amide bonds. The molecule has 14 heavy (non-hydrogen) atoms. The van der Waals surface area contributed by atoms with Crippen molar-refractivity contribution < 1.29 is 4.52 Å². The Morgan fingerprint density at radius 2 is 1.86 bits per heavy atom. The monoisotopic (exact) mass is 197 g/mol. The van der Waals surface area contributed by atoms with E-state index in [2.05, 4.69) is 30.9 Å². The Labute approximate surface area is 84.9 Å². The number of nitrogens with zero attached hydrogens (tertiary/aromatic N) is 2. The zero-order valence-electron chi connectivity index (χ0n) is 9.59. The fourth-order valence-electron chi connectivity index (χ4n) is 1.71. The largest absolute Gasteiger partial charge is 0.340 e. The molecule has 1 unspecified atom stereocenters. The summed E-state index contributed by atoms with van der Waals surface area (Å²) in [6, 6.07) is 0. The average Bonchev–Trinajstić information content (AvgIpc) is 2.29. The molecule has 1 rings (SSSR count). The first-order valence-electron chi connectivity index (χ1n) is 4.80. The van der Waals surface area contributed by atoms with Gasteiger partial charge in [0.1, 0.15) is 0 Å². The van der Waals surface area contributed by atoms with E-state index in [-0.39, 0.29) is 5.41 Å². The molecule has 0 spiro atoms. The third-order valence-corrected chi connectivity index (χ3v) is 1.94. The molecule has 0 saturated heterocycles. The molecule has 2 N–H and O–H groups in total. The van der Waals surface area contributed by atoms with Gasteiger partial charge in [0.25, 0.3) is 0 Å². The van der Waals surface area contributed by atoms with Crippen molar-refractivity contribution in [3.63, 3.8) is 0 Å². The summed E-state index contributed by atoms with van der Waals surface area (Å²) in [6.07, 6.45) is 0.818. The predicted molar refractivity (Wildman–Crippen MR) is 54.6 cm³/mol. The van der Waals surface area contributed by atoms with Gasteiger partial charge in [-0.2, -0.15) is 4.98 Å². The van der Waals surface area contributed by atoms with Crippen LogP contribution in [0.25, 0.3) is 0 Å². The van der Waals surface area contributed by atoms with Gasteiger partial charge in [-0.3, -0.25) is 0 Å². The molecule has 0 aliphatic carbocycles. The highest BCUT2D eigenvalue weighted by atomic mass is 16.5. The second-order valence-electron chi connectivity index (χ2n) is 5.29. The summed E-state index contributed by atoms with van der Waals surface area (Å²) in [5, 5.41) is 3.86. The molecule has 1 aromatic rings. The van der Waals surface area contributed by atoms with E-state index in [0.717, 1.165) is 6.42 Å². The van der Waals surface area contributed by atoms with Gasteiger partial charge < -0.3 is 10.3 Å². The molecule has 4 nitrogen and oxygen atoms in total. The van der Waals surface area contributed by atoms with Crippen molar-refractivity contribution in [2.45, 2.75) is 46.6 Å². The van der Waals surface area contributed by atoms with Crippen LogP contribution < -0.4 is 5.73 Å². The second-order valence-corrected chi connectivity index (χ2v) is 5.29. The summed E-state index contributed by atoms with van der Waals surface area (Å²) in [5.74, 6) is 1.15. The minimum Gasteiger partial charge on any atom is -0.340 e. The van der Waals surface area contributed by atoms with Gasteiger partial charge in [0.05, 0.1) is 5.54 Å². The predicted octanol–water partition coefficient (Wildman–Crippen LogP) is 1.99. The maximum absolute atomic E-state index is 6.15. The summed E-state index contributed by atoms with van der Waals surface area (Å²) >= 11 is 0. The van der Waals surface area contributed by atoms with E-state index in [4.69, 9.17) is 10.3 Å². The molecule has 80 valence electrons. The van der Waals surface area contributed by atoms with Crippen LogP contribution in [0, 0.1) is 12.3 Å². The highest BCUT2D eigenvalue weighted by Crippen LogP contribution is 2.30. The zero-order chi connectivity index (χ0) is 11.0. The Balaban J connectivity index is 2.85. The van der Waals surface area contributed by atoms with Gasteiger partial charge in [-0.25, -0.2) is 0 Å². The Hall–Kier alpha value is -0.900. The topological polar surface area (TPSA) is 64.9 Å². The lowest BCUT2D eigenvalue weighted by molar-refractivity contribution is 0.256. The van der Waals surface area contributed by atoms with E-state index in [1.165, 1.54) is 0 Å². The Morgan fingerprint density at radius 3 is 2.21 bits per heavy atom. The van der Waals surface area contributed by atoms with Gasteiger partial charge in [0, 0.05) is 6.92 Å². The molecule has 0 fully saturated rings. The van der Waals surface area contributed by atoms with E-state index in [0.29, 0.717) is 11.7 Å². The maximum atomic E-state index is 6.15. The molecule has 0 aliphatic rings. The van der Waals surface area contributed by atoms with Crippen LogP contribution in [0.2, 0.25) is 0 Å². The van der Waals surface area contributed by atoms with E-state index < -0.39 is 5.54 Å². The molecule has 0 aliphatic heterocycles. The molecule has 4 heteroatoms. The van der Waals surface area contributed by atoms with E-state index in [1.54, 1.807) is 6.92 Å². The zero-order valence-corrected chi connectivity index (χ0v) is 9.59. The van der Waals surface area contributed by atoms with Gasteiger partial charge in [0.15, 0.2) is 5.82 Å². The molecule has 1 heterocycles. The van der Waals surface area contributed by atoms with Gasteiger partial charge in [-0.05, 0) is 18.8 Å². The van der Waals surface area contributed by atoms with Gasteiger partial charge in [0.2, 0.25) is 5.89 Å². The van der Waals surface area contributed by atoms with Gasteiger partial charge >= 0.3 is 0 Å². The normalized spacial score (nSPS) is 16.7. The average molecular weight is 197 g/mol. The molecule has 0 aromatic carbocycles. The Bertz CT molecular complexity index is 309. The first kappa shape index (κ1) is 11.2. The fourth-order valence-corrected chi connectivity index (χ4v) is 1.71. The number of aryl methyl sites for hydroxylation is 1. The number of hydrogen-bond donors (Lipinski definition) is 1. The van der Waals surface area contributed by atoms with Crippen LogP contribution in [0.15, 0.2) is 4.52 Å². The van der Waals surface area contributed by atoms with Crippen molar-refractivity contribution >= 4 is 0 Å². The van der Waals surface area contributed by atoms with Crippen molar-refractivity contribution in [3.05, 3.63) is 11.7 Å². The first-order valence-corrected chi connectivity index (χ1v) is 4.80. The lowest BCUT2D eigenvalue weighted by atomic mass is 9.81. The quantitative estimate of drug-likeness (QED) is 0.787. The van der Waals surface area contributed by atoms with Crippen molar-refractivity contribution in [3.8, 4) is 0 Å². The van der Waals surface area contributed by atoms with E-state index >= 15 is 0 Å². The van der Waals surface area contributed by atoms with Crippen LogP contribution >= 0.6 is 0 Å². The van der Waals surface area contributed by atoms with Crippen molar-refractivity contribution in [2.75, 3.05) is 0 Å². The standard InChI is InChI=1S/C10H19N3O/c1-7-12-8(13-14-7)10(5,11)6-9(2,3)4/h6,11H2,1-5H3. The summed E-state index contributed by atoms with van der Waals surface area (Å²) < 4.78 is 4.92. The smallest absolute Gasteiger partial charge is 0.223 e. The Morgan fingerprint density at radius 1 is 1.29 bits per heavy atom. The SMILES string of the molecule is Cc1nc(C(C)(N)CC(C)(C)C)no1. The molecule has 0 radical (unpaired) electrons. The van der Waals surface area contributed by atoms with Crippen LogP contribution in [0.3, 0.4) is 0 Å². The number of nitrogens with two attached hydrogens (primary N) is 1. The van der Waals surface area contributed by atoms with Crippen LogP contribution in [-0.4, -0.2) is 10.1 Å². The number of hydrogen-bond acceptors (Lipinski definition) is 4. The summed E-state index contributed by atoms with van der Waals surface area (Å²) in [5.41, 5.74) is 5.79. The highest BCUT2D eigenvalue weighted by Gasteiger charge is 2.31. The Kier molecular flexibility index (Phi) is 2.67. The van der Waals surface area contributed by atoms with Crippen LogP contribution in [0.1, 0.15) is 45.8 Å². The molecule has 0 bridgehead atoms. The number of aromatic nitrogens is 2. The van der Waals surface area contributed by atoms with Crippen molar-refractivity contribution in [1.82, 2.24) is 10.1 Å². The molecule has 1 atom stereocenters.